The standard InChI is InChI=1S/C26H32N6O4S/c1-5-16-8-6-7-9-19(16)32(26(35)23-20(27)21(24(28)33)30-37-23)22(25(34)29-14-15-36-4)17-10-12-18(13-11-17)31(2)3/h6-13,22H,5,14-15,27H2,1-4H3,(H2,28,33)(H,29,34). The van der Waals surface area contributed by atoms with E-state index in [1.807, 2.05) is 62.3 Å². The number of primary amides is 1. The number of anilines is 3. The molecule has 0 saturated carbocycles. The molecule has 3 rings (SSSR count). The molecule has 0 saturated heterocycles. The van der Waals surface area contributed by atoms with Gasteiger partial charge in [0.25, 0.3) is 11.8 Å². The monoisotopic (exact) mass is 524 g/mol. The van der Waals surface area contributed by atoms with Crippen LogP contribution < -0.4 is 26.6 Å². The van der Waals surface area contributed by atoms with E-state index in [9.17, 15) is 14.4 Å². The number of hydrogen-bond acceptors (Lipinski definition) is 8. The lowest BCUT2D eigenvalue weighted by molar-refractivity contribution is -0.122. The molecule has 10 nitrogen and oxygen atoms in total. The van der Waals surface area contributed by atoms with Crippen molar-refractivity contribution in [3.05, 3.63) is 70.2 Å². The van der Waals surface area contributed by atoms with Crippen LogP contribution in [0.15, 0.2) is 48.5 Å². The van der Waals surface area contributed by atoms with Gasteiger partial charge in [0.2, 0.25) is 5.91 Å². The molecule has 196 valence electrons. The zero-order valence-corrected chi connectivity index (χ0v) is 22.2. The van der Waals surface area contributed by atoms with E-state index in [0.717, 1.165) is 22.8 Å². The summed E-state index contributed by atoms with van der Waals surface area (Å²) in [7, 11) is 5.38. The van der Waals surface area contributed by atoms with E-state index in [1.54, 1.807) is 19.2 Å². The van der Waals surface area contributed by atoms with Crippen molar-refractivity contribution in [1.29, 1.82) is 0 Å². The van der Waals surface area contributed by atoms with Crippen molar-refractivity contribution in [3.8, 4) is 0 Å². The second-order valence-corrected chi connectivity index (χ2v) is 9.24. The molecule has 0 fully saturated rings. The SMILES string of the molecule is CCc1ccccc1N(C(=O)c1snc(C(N)=O)c1N)C(C(=O)NCCOC)c1ccc(N(C)C)cc1. The first-order chi connectivity index (χ1) is 17.7. The molecule has 1 atom stereocenters. The molecule has 0 bridgehead atoms. The summed E-state index contributed by atoms with van der Waals surface area (Å²) >= 11 is 0.776. The fourth-order valence-corrected chi connectivity index (χ4v) is 4.64. The molecule has 3 amide bonds. The van der Waals surface area contributed by atoms with Crippen LogP contribution >= 0.6 is 11.5 Å². The van der Waals surface area contributed by atoms with Gasteiger partial charge in [-0.15, -0.1) is 0 Å². The minimum absolute atomic E-state index is 0.0271. The number of aromatic nitrogens is 1. The average Bonchev–Trinajstić information content (AvgIpc) is 3.28. The lowest BCUT2D eigenvalue weighted by Gasteiger charge is -2.33. The Morgan fingerprint density at radius 2 is 1.78 bits per heavy atom. The summed E-state index contributed by atoms with van der Waals surface area (Å²) in [6.45, 7) is 2.53. The number of carbonyl (C=O) groups excluding carboxylic acids is 3. The van der Waals surface area contributed by atoms with E-state index in [0.29, 0.717) is 24.3 Å². The van der Waals surface area contributed by atoms with Gasteiger partial charge in [-0.05, 0) is 47.3 Å². The molecule has 0 aliphatic heterocycles. The Morgan fingerprint density at radius 1 is 1.11 bits per heavy atom. The van der Waals surface area contributed by atoms with Crippen molar-refractivity contribution in [2.45, 2.75) is 19.4 Å². The van der Waals surface area contributed by atoms with Crippen molar-refractivity contribution < 1.29 is 19.1 Å². The first kappa shape index (κ1) is 27.6. The highest BCUT2D eigenvalue weighted by Crippen LogP contribution is 2.35. The zero-order chi connectivity index (χ0) is 27.1. The molecule has 1 heterocycles. The van der Waals surface area contributed by atoms with Gasteiger partial charge in [0.05, 0.1) is 12.3 Å². The second-order valence-electron chi connectivity index (χ2n) is 8.47. The molecular formula is C26H32N6O4S. The Hall–Kier alpha value is -3.96. The van der Waals surface area contributed by atoms with E-state index >= 15 is 0 Å². The predicted molar refractivity (Wildman–Crippen MR) is 146 cm³/mol. The minimum Gasteiger partial charge on any atom is -0.395 e. The number of para-hydroxylation sites is 1. The van der Waals surface area contributed by atoms with Crippen molar-refractivity contribution in [3.63, 3.8) is 0 Å². The highest BCUT2D eigenvalue weighted by molar-refractivity contribution is 7.09. The summed E-state index contributed by atoms with van der Waals surface area (Å²) in [6.07, 6.45) is 0.613. The third-order valence-electron chi connectivity index (χ3n) is 5.84. The van der Waals surface area contributed by atoms with Crippen LogP contribution in [0.3, 0.4) is 0 Å². The van der Waals surface area contributed by atoms with Crippen molar-refractivity contribution >= 4 is 46.3 Å². The van der Waals surface area contributed by atoms with Crippen molar-refractivity contribution in [1.82, 2.24) is 9.69 Å². The van der Waals surface area contributed by atoms with Crippen LogP contribution in [0, 0.1) is 0 Å². The molecule has 37 heavy (non-hydrogen) atoms. The van der Waals surface area contributed by atoms with E-state index in [4.69, 9.17) is 16.2 Å². The van der Waals surface area contributed by atoms with E-state index in [-0.39, 0.29) is 22.8 Å². The van der Waals surface area contributed by atoms with E-state index < -0.39 is 23.8 Å². The van der Waals surface area contributed by atoms with E-state index in [2.05, 4.69) is 9.69 Å². The number of rotatable bonds is 11. The summed E-state index contributed by atoms with van der Waals surface area (Å²) < 4.78 is 9.09. The van der Waals surface area contributed by atoms with Crippen LogP contribution in [-0.2, 0) is 16.0 Å². The number of nitrogens with one attached hydrogen (secondary N) is 1. The van der Waals surface area contributed by atoms with Crippen LogP contribution in [0.1, 0.15) is 44.3 Å². The Labute approximate surface area is 220 Å². The Morgan fingerprint density at radius 3 is 2.35 bits per heavy atom. The molecule has 0 spiro atoms. The number of carbonyl (C=O) groups is 3. The Bertz CT molecular complexity index is 1260. The summed E-state index contributed by atoms with van der Waals surface area (Å²) in [5.41, 5.74) is 14.2. The van der Waals surface area contributed by atoms with Crippen molar-refractivity contribution in [2.24, 2.45) is 5.73 Å². The van der Waals surface area contributed by atoms with Crippen molar-refractivity contribution in [2.75, 3.05) is 49.9 Å². The number of amides is 3. The zero-order valence-electron chi connectivity index (χ0n) is 21.4. The maximum Gasteiger partial charge on any atom is 0.273 e. The first-order valence-electron chi connectivity index (χ1n) is 11.7. The fourth-order valence-electron chi connectivity index (χ4n) is 3.89. The number of nitrogen functional groups attached to an aromatic ring is 1. The molecule has 0 aliphatic carbocycles. The van der Waals surface area contributed by atoms with Crippen LogP contribution in [-0.4, -0.2) is 56.5 Å². The maximum absolute atomic E-state index is 14.1. The third kappa shape index (κ3) is 6.07. The van der Waals surface area contributed by atoms with Gasteiger partial charge in [0.15, 0.2) is 5.69 Å². The lowest BCUT2D eigenvalue weighted by atomic mass is 10.00. The topological polar surface area (TPSA) is 144 Å². The van der Waals surface area contributed by atoms with Crippen LogP contribution in [0.5, 0.6) is 0 Å². The largest absolute Gasteiger partial charge is 0.395 e. The summed E-state index contributed by atoms with van der Waals surface area (Å²) in [5, 5.41) is 2.87. The number of aryl methyl sites for hydroxylation is 1. The molecule has 2 aromatic carbocycles. The lowest BCUT2D eigenvalue weighted by Crippen LogP contribution is -2.45. The van der Waals surface area contributed by atoms with Gasteiger partial charge >= 0.3 is 0 Å². The molecule has 3 aromatic rings. The molecule has 11 heteroatoms. The summed E-state index contributed by atoms with van der Waals surface area (Å²) in [5.74, 6) is -1.79. The number of ether oxygens (including phenoxy) is 1. The molecule has 1 aromatic heterocycles. The van der Waals surface area contributed by atoms with Crippen LogP contribution in [0.25, 0.3) is 0 Å². The molecule has 5 N–H and O–H groups in total. The smallest absolute Gasteiger partial charge is 0.273 e. The number of hydrogen-bond donors (Lipinski definition) is 3. The van der Waals surface area contributed by atoms with Gasteiger partial charge in [0, 0.05) is 39.1 Å². The number of benzene rings is 2. The maximum atomic E-state index is 14.1. The second kappa shape index (κ2) is 12.3. The van der Waals surface area contributed by atoms with Gasteiger partial charge in [-0.1, -0.05) is 37.3 Å². The summed E-state index contributed by atoms with van der Waals surface area (Å²) in [6, 6.07) is 13.7. The molecule has 1 unspecified atom stereocenters. The Balaban J connectivity index is 2.22. The molecule has 0 radical (unpaired) electrons. The van der Waals surface area contributed by atoms with Gasteiger partial charge < -0.3 is 26.4 Å². The van der Waals surface area contributed by atoms with Crippen LogP contribution in [0.4, 0.5) is 17.1 Å². The van der Waals surface area contributed by atoms with Gasteiger partial charge in [-0.2, -0.15) is 4.37 Å². The first-order valence-corrected chi connectivity index (χ1v) is 12.5. The average molecular weight is 525 g/mol. The number of nitrogens with two attached hydrogens (primary N) is 2. The number of methoxy groups -OCH3 is 1. The fraction of sp³-hybridized carbons (Fsp3) is 0.308. The Kier molecular flexibility index (Phi) is 9.20. The van der Waals surface area contributed by atoms with Gasteiger partial charge in [-0.3, -0.25) is 19.3 Å². The van der Waals surface area contributed by atoms with Gasteiger partial charge in [-0.25, -0.2) is 0 Å². The third-order valence-corrected chi connectivity index (χ3v) is 6.69. The normalized spacial score (nSPS) is 11.6. The minimum atomic E-state index is -1.05. The number of nitrogens with zero attached hydrogens (tertiary/aromatic N) is 3. The van der Waals surface area contributed by atoms with Crippen LogP contribution in [0.2, 0.25) is 0 Å². The summed E-state index contributed by atoms with van der Waals surface area (Å²) in [4.78, 5) is 43.0. The predicted octanol–water partition coefficient (Wildman–Crippen LogP) is 2.60. The van der Waals surface area contributed by atoms with E-state index in [1.165, 1.54) is 4.90 Å². The highest BCUT2D eigenvalue weighted by Gasteiger charge is 2.36. The molecule has 0 aliphatic rings. The molecular weight excluding hydrogens is 492 g/mol. The quantitative estimate of drug-likeness (QED) is 0.327. The highest BCUT2D eigenvalue weighted by atomic mass is 32.1. The van der Waals surface area contributed by atoms with Gasteiger partial charge in [0.1, 0.15) is 10.9 Å².